The van der Waals surface area contributed by atoms with Gasteiger partial charge in [-0.2, -0.15) is 4.98 Å². The van der Waals surface area contributed by atoms with Crippen molar-refractivity contribution in [3.63, 3.8) is 0 Å². The van der Waals surface area contributed by atoms with Gasteiger partial charge in [-0.25, -0.2) is 0 Å². The number of halogens is 1. The maximum atomic E-state index is 5.63. The third-order valence-electron chi connectivity index (χ3n) is 2.03. The van der Waals surface area contributed by atoms with Gasteiger partial charge < -0.3 is 15.2 Å². The molecule has 0 amide bonds. The van der Waals surface area contributed by atoms with E-state index in [1.165, 1.54) is 0 Å². The Morgan fingerprint density at radius 1 is 1.47 bits per heavy atom. The van der Waals surface area contributed by atoms with Crippen LogP contribution in [0.2, 0.25) is 0 Å². The van der Waals surface area contributed by atoms with Crippen LogP contribution in [0.25, 0.3) is 11.5 Å². The molecule has 0 aliphatic heterocycles. The second-order valence-corrected chi connectivity index (χ2v) is 3.30. The van der Waals surface area contributed by atoms with Crippen molar-refractivity contribution in [3.05, 3.63) is 23.8 Å². The number of rotatable bonds is 2. The summed E-state index contributed by atoms with van der Waals surface area (Å²) < 4.78 is 5.09. The van der Waals surface area contributed by atoms with E-state index in [4.69, 9.17) is 10.3 Å². The smallest absolute Gasteiger partial charge is 0.259 e. The topological polar surface area (TPSA) is 80.7 Å². The normalized spacial score (nSPS) is 12.2. The van der Waals surface area contributed by atoms with Gasteiger partial charge in [-0.1, -0.05) is 5.16 Å². The zero-order valence-corrected chi connectivity index (χ0v) is 9.34. The monoisotopic (exact) mass is 228 g/mol. The summed E-state index contributed by atoms with van der Waals surface area (Å²) in [6, 6.07) is -0.202. The van der Waals surface area contributed by atoms with E-state index >= 15 is 0 Å². The number of aryl methyl sites for hydroxylation is 1. The first-order valence-electron chi connectivity index (χ1n) is 4.41. The maximum absolute atomic E-state index is 5.63. The first kappa shape index (κ1) is 11.7. The minimum atomic E-state index is -0.202. The molecule has 82 valence electrons. The van der Waals surface area contributed by atoms with Gasteiger partial charge in [0.1, 0.15) is 0 Å². The van der Waals surface area contributed by atoms with Crippen molar-refractivity contribution in [2.24, 2.45) is 5.73 Å². The van der Waals surface area contributed by atoms with Crippen molar-refractivity contribution in [1.29, 1.82) is 0 Å². The SMILES string of the molecule is Cc1c[nH]cc1-c1nc(C(C)N)no1.Cl. The van der Waals surface area contributed by atoms with Crippen molar-refractivity contribution in [2.75, 3.05) is 0 Å². The van der Waals surface area contributed by atoms with Crippen molar-refractivity contribution in [1.82, 2.24) is 15.1 Å². The minimum absolute atomic E-state index is 0. The van der Waals surface area contributed by atoms with Crippen LogP contribution in [0, 0.1) is 6.92 Å². The van der Waals surface area contributed by atoms with Gasteiger partial charge in [-0.3, -0.25) is 0 Å². The second kappa shape index (κ2) is 4.46. The van der Waals surface area contributed by atoms with Crippen LogP contribution in [0.1, 0.15) is 24.4 Å². The number of H-pyrrole nitrogens is 1. The average molecular weight is 229 g/mol. The Morgan fingerprint density at radius 3 is 2.67 bits per heavy atom. The molecule has 5 nitrogen and oxygen atoms in total. The van der Waals surface area contributed by atoms with Crippen LogP contribution in [0.15, 0.2) is 16.9 Å². The summed E-state index contributed by atoms with van der Waals surface area (Å²) in [5.41, 5.74) is 7.62. The van der Waals surface area contributed by atoms with Gasteiger partial charge in [-0.05, 0) is 19.4 Å². The van der Waals surface area contributed by atoms with Crippen LogP contribution in [0.5, 0.6) is 0 Å². The van der Waals surface area contributed by atoms with Gasteiger partial charge in [0, 0.05) is 12.4 Å². The standard InChI is InChI=1S/C9H12N4O.ClH/c1-5-3-11-4-7(5)9-12-8(6(2)10)13-14-9;/h3-4,6,11H,10H2,1-2H3;1H. The fraction of sp³-hybridized carbons (Fsp3) is 0.333. The lowest BCUT2D eigenvalue weighted by molar-refractivity contribution is 0.418. The summed E-state index contributed by atoms with van der Waals surface area (Å²) in [7, 11) is 0. The zero-order chi connectivity index (χ0) is 10.1. The Bertz CT molecular complexity index is 435. The highest BCUT2D eigenvalue weighted by Crippen LogP contribution is 2.21. The fourth-order valence-corrected chi connectivity index (χ4v) is 1.20. The molecule has 0 saturated heterocycles. The molecule has 2 aromatic rings. The largest absolute Gasteiger partial charge is 0.367 e. The molecule has 15 heavy (non-hydrogen) atoms. The summed E-state index contributed by atoms with van der Waals surface area (Å²) in [4.78, 5) is 7.17. The summed E-state index contributed by atoms with van der Waals surface area (Å²) in [6.45, 7) is 3.79. The Kier molecular flexibility index (Phi) is 3.49. The van der Waals surface area contributed by atoms with Gasteiger partial charge in [0.15, 0.2) is 5.82 Å². The molecule has 1 atom stereocenters. The lowest BCUT2D eigenvalue weighted by Crippen LogP contribution is -2.06. The molecule has 3 N–H and O–H groups in total. The number of aromatic nitrogens is 3. The molecule has 0 spiro atoms. The van der Waals surface area contributed by atoms with Crippen molar-refractivity contribution in [2.45, 2.75) is 19.9 Å². The van der Waals surface area contributed by atoms with Crippen molar-refractivity contribution in [3.8, 4) is 11.5 Å². The van der Waals surface area contributed by atoms with Gasteiger partial charge in [0.25, 0.3) is 5.89 Å². The average Bonchev–Trinajstić information content (AvgIpc) is 2.71. The molecule has 0 radical (unpaired) electrons. The Balaban J connectivity index is 0.00000112. The van der Waals surface area contributed by atoms with E-state index in [1.54, 1.807) is 0 Å². The number of nitrogens with one attached hydrogen (secondary N) is 1. The van der Waals surface area contributed by atoms with Crippen LogP contribution in [-0.2, 0) is 0 Å². The highest BCUT2D eigenvalue weighted by molar-refractivity contribution is 5.85. The quantitative estimate of drug-likeness (QED) is 0.822. The van der Waals surface area contributed by atoms with Crippen LogP contribution in [0.3, 0.4) is 0 Å². The summed E-state index contributed by atoms with van der Waals surface area (Å²) in [5.74, 6) is 1.04. The molecule has 0 aromatic carbocycles. The van der Waals surface area contributed by atoms with Gasteiger partial charge in [-0.15, -0.1) is 12.4 Å². The van der Waals surface area contributed by atoms with Crippen LogP contribution in [0.4, 0.5) is 0 Å². The molecular formula is C9H13ClN4O. The highest BCUT2D eigenvalue weighted by atomic mass is 35.5. The Hall–Kier alpha value is -1.33. The van der Waals surface area contributed by atoms with E-state index in [1.807, 2.05) is 26.2 Å². The van der Waals surface area contributed by atoms with Crippen molar-refractivity contribution < 1.29 is 4.52 Å². The fourth-order valence-electron chi connectivity index (χ4n) is 1.20. The number of aromatic amines is 1. The first-order chi connectivity index (χ1) is 6.68. The first-order valence-corrected chi connectivity index (χ1v) is 4.41. The van der Waals surface area contributed by atoms with E-state index in [-0.39, 0.29) is 18.4 Å². The lowest BCUT2D eigenvalue weighted by Gasteiger charge is -1.93. The molecule has 6 heteroatoms. The molecule has 0 aliphatic carbocycles. The molecule has 0 fully saturated rings. The maximum Gasteiger partial charge on any atom is 0.259 e. The molecule has 0 aliphatic rings. The number of nitrogens with zero attached hydrogens (tertiary/aromatic N) is 2. The molecular weight excluding hydrogens is 216 g/mol. The highest BCUT2D eigenvalue weighted by Gasteiger charge is 2.13. The van der Waals surface area contributed by atoms with E-state index in [2.05, 4.69) is 15.1 Å². The molecule has 1 unspecified atom stereocenters. The molecule has 0 bridgehead atoms. The molecule has 2 rings (SSSR count). The number of hydrogen-bond donors (Lipinski definition) is 2. The predicted octanol–water partition coefficient (Wildman–Crippen LogP) is 1.81. The van der Waals surface area contributed by atoms with E-state index in [0.717, 1.165) is 11.1 Å². The molecule has 2 aromatic heterocycles. The van der Waals surface area contributed by atoms with Gasteiger partial charge in [0.2, 0.25) is 0 Å². The lowest BCUT2D eigenvalue weighted by atomic mass is 10.2. The number of nitrogens with two attached hydrogens (primary N) is 1. The number of hydrogen-bond acceptors (Lipinski definition) is 4. The van der Waals surface area contributed by atoms with Gasteiger partial charge >= 0.3 is 0 Å². The summed E-state index contributed by atoms with van der Waals surface area (Å²) in [5, 5.41) is 3.79. The molecule has 0 saturated carbocycles. The van der Waals surface area contributed by atoms with E-state index in [0.29, 0.717) is 11.7 Å². The van der Waals surface area contributed by atoms with Crippen LogP contribution in [-0.4, -0.2) is 15.1 Å². The van der Waals surface area contributed by atoms with E-state index in [9.17, 15) is 0 Å². The van der Waals surface area contributed by atoms with E-state index < -0.39 is 0 Å². The van der Waals surface area contributed by atoms with Crippen LogP contribution < -0.4 is 5.73 Å². The third-order valence-corrected chi connectivity index (χ3v) is 2.03. The minimum Gasteiger partial charge on any atom is -0.367 e. The Morgan fingerprint density at radius 2 is 2.20 bits per heavy atom. The predicted molar refractivity (Wildman–Crippen MR) is 58.7 cm³/mol. The summed E-state index contributed by atoms with van der Waals surface area (Å²) in [6.07, 6.45) is 3.71. The van der Waals surface area contributed by atoms with Gasteiger partial charge in [0.05, 0.1) is 11.6 Å². The Labute approximate surface area is 93.5 Å². The molecule has 2 heterocycles. The third kappa shape index (κ3) is 2.19. The zero-order valence-electron chi connectivity index (χ0n) is 8.52. The van der Waals surface area contributed by atoms with Crippen LogP contribution >= 0.6 is 12.4 Å². The second-order valence-electron chi connectivity index (χ2n) is 3.30. The summed E-state index contributed by atoms with van der Waals surface area (Å²) >= 11 is 0. The van der Waals surface area contributed by atoms with Crippen molar-refractivity contribution >= 4 is 12.4 Å².